The Labute approximate surface area is 145 Å². The third kappa shape index (κ3) is 21.4. The number of unbranched alkanes of at least 4 members (excludes halogenated alkanes) is 13. The lowest BCUT2D eigenvalue weighted by Crippen LogP contribution is -2.35. The number of rotatable bonds is 17. The summed E-state index contributed by atoms with van der Waals surface area (Å²) in [6.07, 6.45) is 18.3. The molecule has 0 N–H and O–H groups in total. The molecule has 0 saturated heterocycles. The van der Waals surface area contributed by atoms with Gasteiger partial charge in [0.15, 0.2) is 0 Å². The zero-order valence-electron chi connectivity index (χ0n) is 16.1. The minimum atomic E-state index is -0.904. The van der Waals surface area contributed by atoms with Gasteiger partial charge in [-0.2, -0.15) is 0 Å². The third-order valence-corrected chi connectivity index (χ3v) is 4.46. The molecule has 3 nitrogen and oxygen atoms in total. The van der Waals surface area contributed by atoms with E-state index in [0.29, 0.717) is 0 Å². The van der Waals surface area contributed by atoms with Crippen LogP contribution in [0.15, 0.2) is 0 Å². The van der Waals surface area contributed by atoms with Crippen molar-refractivity contribution in [1.29, 1.82) is 0 Å². The molecule has 0 spiro atoms. The van der Waals surface area contributed by atoms with Gasteiger partial charge in [0.1, 0.15) is 0 Å². The van der Waals surface area contributed by atoms with E-state index in [-0.39, 0.29) is 6.42 Å². The van der Waals surface area contributed by atoms with Crippen LogP contribution in [0.4, 0.5) is 0 Å². The average molecular weight is 328 g/mol. The standard InChI is InChI=1S/C20H41NO2/c1-21(2,3)19-17-15-13-11-9-7-5-4-6-8-10-12-14-16-18-20(22)23/h4-19H2,1-3H3. The van der Waals surface area contributed by atoms with Crippen LogP contribution in [0, 0.1) is 0 Å². The molecule has 0 rings (SSSR count). The van der Waals surface area contributed by atoms with E-state index >= 15 is 0 Å². The number of hydrogen-bond acceptors (Lipinski definition) is 2. The van der Waals surface area contributed by atoms with Crippen LogP contribution in [0.5, 0.6) is 0 Å². The summed E-state index contributed by atoms with van der Waals surface area (Å²) in [6.45, 7) is 1.30. The molecule has 0 aromatic carbocycles. The van der Waals surface area contributed by atoms with Crippen molar-refractivity contribution in [3.63, 3.8) is 0 Å². The molecule has 0 saturated carbocycles. The Morgan fingerprint density at radius 2 is 0.913 bits per heavy atom. The molecule has 0 radical (unpaired) electrons. The van der Waals surface area contributed by atoms with Crippen LogP contribution in [-0.4, -0.2) is 38.1 Å². The second kappa shape index (κ2) is 15.0. The second-order valence-corrected chi connectivity index (χ2v) is 8.09. The van der Waals surface area contributed by atoms with Gasteiger partial charge in [-0.05, 0) is 25.7 Å². The Kier molecular flexibility index (Phi) is 14.6. The Morgan fingerprint density at radius 1 is 0.609 bits per heavy atom. The summed E-state index contributed by atoms with van der Waals surface area (Å²) in [5, 5.41) is 10.3. The minimum absolute atomic E-state index is 0.231. The Bertz CT molecular complexity index is 271. The van der Waals surface area contributed by atoms with Crippen LogP contribution in [0.25, 0.3) is 0 Å². The number of carbonyl (C=O) groups excluding carboxylic acids is 1. The molecular weight excluding hydrogens is 286 g/mol. The van der Waals surface area contributed by atoms with E-state index in [1.807, 2.05) is 0 Å². The fraction of sp³-hybridized carbons (Fsp3) is 0.950. The summed E-state index contributed by atoms with van der Waals surface area (Å²) in [6, 6.07) is 0. The average Bonchev–Trinajstić information content (AvgIpc) is 2.45. The van der Waals surface area contributed by atoms with E-state index in [1.165, 1.54) is 83.6 Å². The van der Waals surface area contributed by atoms with Gasteiger partial charge in [-0.15, -0.1) is 0 Å². The molecule has 0 aromatic rings. The number of quaternary nitrogens is 1. The topological polar surface area (TPSA) is 40.1 Å². The third-order valence-electron chi connectivity index (χ3n) is 4.46. The first-order valence-corrected chi connectivity index (χ1v) is 9.92. The van der Waals surface area contributed by atoms with E-state index in [4.69, 9.17) is 0 Å². The molecule has 0 aliphatic rings. The lowest BCUT2D eigenvalue weighted by Gasteiger charge is -2.23. The first kappa shape index (κ1) is 22.4. The molecule has 0 aliphatic heterocycles. The number of carboxylic acid groups (broad SMARTS) is 1. The van der Waals surface area contributed by atoms with Crippen molar-refractivity contribution in [3.05, 3.63) is 0 Å². The molecule has 138 valence electrons. The predicted molar refractivity (Wildman–Crippen MR) is 97.2 cm³/mol. The molecule has 3 heteroatoms. The van der Waals surface area contributed by atoms with Crippen molar-refractivity contribution >= 4 is 5.97 Å². The van der Waals surface area contributed by atoms with Crippen molar-refractivity contribution in [2.75, 3.05) is 27.7 Å². The Balaban J connectivity index is 3.04. The Morgan fingerprint density at radius 3 is 1.22 bits per heavy atom. The van der Waals surface area contributed by atoms with Crippen LogP contribution < -0.4 is 5.11 Å². The Hall–Kier alpha value is -0.570. The summed E-state index contributed by atoms with van der Waals surface area (Å²) < 4.78 is 1.09. The molecule has 0 amide bonds. The van der Waals surface area contributed by atoms with Crippen LogP contribution in [0.1, 0.15) is 96.3 Å². The summed E-state index contributed by atoms with van der Waals surface area (Å²) in [5.74, 6) is -0.904. The lowest BCUT2D eigenvalue weighted by molar-refractivity contribution is -0.870. The molecule has 0 unspecified atom stereocenters. The quantitative estimate of drug-likeness (QED) is 0.295. The normalized spacial score (nSPS) is 11.8. The van der Waals surface area contributed by atoms with Crippen molar-refractivity contribution < 1.29 is 14.4 Å². The highest BCUT2D eigenvalue weighted by molar-refractivity contribution is 5.63. The van der Waals surface area contributed by atoms with E-state index in [2.05, 4.69) is 21.1 Å². The highest BCUT2D eigenvalue weighted by Gasteiger charge is 2.04. The van der Waals surface area contributed by atoms with Crippen LogP contribution in [0.3, 0.4) is 0 Å². The summed E-state index contributed by atoms with van der Waals surface area (Å²) in [7, 11) is 6.81. The minimum Gasteiger partial charge on any atom is -0.550 e. The van der Waals surface area contributed by atoms with Gasteiger partial charge < -0.3 is 14.4 Å². The molecule has 0 fully saturated rings. The SMILES string of the molecule is C[N+](C)(C)CCCCCCCCCCCCCCCCC(=O)[O-]. The maximum Gasteiger partial charge on any atom is 0.0780 e. The molecule has 0 aliphatic carbocycles. The molecule has 0 bridgehead atoms. The highest BCUT2D eigenvalue weighted by Crippen LogP contribution is 2.13. The molecule has 23 heavy (non-hydrogen) atoms. The van der Waals surface area contributed by atoms with Crippen LogP contribution in [-0.2, 0) is 4.79 Å². The molecular formula is C20H41NO2. The second-order valence-electron chi connectivity index (χ2n) is 8.09. The number of aliphatic carboxylic acids is 1. The number of carbonyl (C=O) groups is 1. The van der Waals surface area contributed by atoms with Gasteiger partial charge in [-0.1, -0.05) is 70.6 Å². The number of nitrogens with zero attached hydrogens (tertiary/aromatic N) is 1. The van der Waals surface area contributed by atoms with E-state index < -0.39 is 5.97 Å². The van der Waals surface area contributed by atoms with Gasteiger partial charge >= 0.3 is 0 Å². The van der Waals surface area contributed by atoms with Gasteiger partial charge in [-0.3, -0.25) is 0 Å². The smallest absolute Gasteiger partial charge is 0.0780 e. The molecule has 0 atom stereocenters. The van der Waals surface area contributed by atoms with Gasteiger partial charge in [0.25, 0.3) is 0 Å². The summed E-state index contributed by atoms with van der Waals surface area (Å²) in [5.41, 5.74) is 0. The van der Waals surface area contributed by atoms with Gasteiger partial charge in [0.05, 0.1) is 27.7 Å². The zero-order valence-corrected chi connectivity index (χ0v) is 16.1. The number of carboxylic acids is 1. The summed E-state index contributed by atoms with van der Waals surface area (Å²) >= 11 is 0. The molecule has 0 heterocycles. The van der Waals surface area contributed by atoms with Crippen molar-refractivity contribution in [3.8, 4) is 0 Å². The fourth-order valence-corrected chi connectivity index (χ4v) is 2.98. The van der Waals surface area contributed by atoms with Crippen LogP contribution in [0.2, 0.25) is 0 Å². The van der Waals surface area contributed by atoms with Gasteiger partial charge in [0, 0.05) is 5.97 Å². The van der Waals surface area contributed by atoms with Gasteiger partial charge in [0.2, 0.25) is 0 Å². The van der Waals surface area contributed by atoms with Crippen molar-refractivity contribution in [2.45, 2.75) is 96.3 Å². The zero-order chi connectivity index (χ0) is 17.4. The van der Waals surface area contributed by atoms with Crippen LogP contribution >= 0.6 is 0 Å². The van der Waals surface area contributed by atoms with E-state index in [1.54, 1.807) is 0 Å². The first-order chi connectivity index (χ1) is 10.9. The maximum absolute atomic E-state index is 10.3. The maximum atomic E-state index is 10.3. The van der Waals surface area contributed by atoms with E-state index in [0.717, 1.165) is 17.3 Å². The first-order valence-electron chi connectivity index (χ1n) is 9.92. The largest absolute Gasteiger partial charge is 0.550 e. The van der Waals surface area contributed by atoms with Crippen molar-refractivity contribution in [1.82, 2.24) is 0 Å². The monoisotopic (exact) mass is 327 g/mol. The predicted octanol–water partition coefficient (Wildman–Crippen LogP) is 4.29. The van der Waals surface area contributed by atoms with Crippen molar-refractivity contribution in [2.24, 2.45) is 0 Å². The summed E-state index contributed by atoms with van der Waals surface area (Å²) in [4.78, 5) is 10.3. The lowest BCUT2D eigenvalue weighted by atomic mass is 10.0. The highest BCUT2D eigenvalue weighted by atomic mass is 16.4. The molecule has 0 aromatic heterocycles. The van der Waals surface area contributed by atoms with Gasteiger partial charge in [-0.25, -0.2) is 0 Å². The van der Waals surface area contributed by atoms with E-state index in [9.17, 15) is 9.90 Å². The fourth-order valence-electron chi connectivity index (χ4n) is 2.98. The number of hydrogen-bond donors (Lipinski definition) is 0.